The summed E-state index contributed by atoms with van der Waals surface area (Å²) in [6.07, 6.45) is 1.71. The van der Waals surface area contributed by atoms with E-state index in [9.17, 15) is 4.79 Å². The highest BCUT2D eigenvalue weighted by Gasteiger charge is 2.22. The van der Waals surface area contributed by atoms with Gasteiger partial charge in [0.25, 0.3) is 5.91 Å². The molecule has 0 saturated heterocycles. The predicted molar refractivity (Wildman–Crippen MR) is 81.7 cm³/mol. The van der Waals surface area contributed by atoms with E-state index >= 15 is 0 Å². The molecule has 1 aromatic heterocycles. The third kappa shape index (κ3) is 2.96. The standard InChI is InChI=1S/C15H20N2OS/c1-3-15(16,4-2)10-17-14(18)12-9-19-13-8-6-5-7-11(12)13/h5-9H,3-4,10,16H2,1-2H3,(H,17,18). The minimum Gasteiger partial charge on any atom is -0.350 e. The van der Waals surface area contributed by atoms with Gasteiger partial charge in [-0.05, 0) is 18.9 Å². The summed E-state index contributed by atoms with van der Waals surface area (Å²) in [5, 5.41) is 5.89. The Hall–Kier alpha value is -1.39. The minimum atomic E-state index is -0.304. The average molecular weight is 276 g/mol. The van der Waals surface area contributed by atoms with Crippen molar-refractivity contribution in [2.45, 2.75) is 32.2 Å². The van der Waals surface area contributed by atoms with Gasteiger partial charge in [0.15, 0.2) is 0 Å². The highest BCUT2D eigenvalue weighted by molar-refractivity contribution is 7.17. The van der Waals surface area contributed by atoms with Crippen molar-refractivity contribution in [2.24, 2.45) is 5.73 Å². The monoisotopic (exact) mass is 276 g/mol. The third-order valence-electron chi connectivity index (χ3n) is 3.73. The van der Waals surface area contributed by atoms with Crippen LogP contribution >= 0.6 is 11.3 Å². The van der Waals surface area contributed by atoms with Gasteiger partial charge in [-0.1, -0.05) is 32.0 Å². The number of hydrogen-bond donors (Lipinski definition) is 2. The highest BCUT2D eigenvalue weighted by atomic mass is 32.1. The first kappa shape index (κ1) is 14.0. The lowest BCUT2D eigenvalue weighted by atomic mass is 9.94. The molecule has 1 aromatic carbocycles. The number of fused-ring (bicyclic) bond motifs is 1. The Kier molecular flexibility index (Phi) is 4.22. The van der Waals surface area contributed by atoms with E-state index in [1.54, 1.807) is 11.3 Å². The van der Waals surface area contributed by atoms with Crippen molar-refractivity contribution in [2.75, 3.05) is 6.54 Å². The van der Waals surface area contributed by atoms with Gasteiger partial charge in [0.1, 0.15) is 0 Å². The number of carbonyl (C=O) groups is 1. The van der Waals surface area contributed by atoms with Gasteiger partial charge < -0.3 is 11.1 Å². The molecular weight excluding hydrogens is 256 g/mol. The number of rotatable bonds is 5. The lowest BCUT2D eigenvalue weighted by molar-refractivity contribution is 0.0944. The van der Waals surface area contributed by atoms with Crippen molar-refractivity contribution in [3.8, 4) is 0 Å². The van der Waals surface area contributed by atoms with Crippen LogP contribution < -0.4 is 11.1 Å². The van der Waals surface area contributed by atoms with Gasteiger partial charge in [-0.25, -0.2) is 0 Å². The van der Waals surface area contributed by atoms with E-state index in [4.69, 9.17) is 5.73 Å². The molecule has 0 radical (unpaired) electrons. The average Bonchev–Trinajstić information content (AvgIpc) is 2.88. The van der Waals surface area contributed by atoms with E-state index in [1.807, 2.05) is 29.6 Å². The number of carbonyl (C=O) groups excluding carboxylic acids is 1. The van der Waals surface area contributed by atoms with E-state index in [0.717, 1.165) is 28.5 Å². The van der Waals surface area contributed by atoms with Crippen LogP contribution in [0.15, 0.2) is 29.6 Å². The summed E-state index contributed by atoms with van der Waals surface area (Å²) in [6.45, 7) is 4.62. The molecule has 2 rings (SSSR count). The largest absolute Gasteiger partial charge is 0.350 e. The normalized spacial score (nSPS) is 11.7. The van der Waals surface area contributed by atoms with Gasteiger partial charge in [0.2, 0.25) is 0 Å². The fourth-order valence-electron chi connectivity index (χ4n) is 2.01. The van der Waals surface area contributed by atoms with Crippen LogP contribution in [0.5, 0.6) is 0 Å². The summed E-state index contributed by atoms with van der Waals surface area (Å²) in [6, 6.07) is 7.95. The lowest BCUT2D eigenvalue weighted by Gasteiger charge is -2.26. The Morgan fingerprint density at radius 2 is 2.00 bits per heavy atom. The Morgan fingerprint density at radius 1 is 1.32 bits per heavy atom. The Labute approximate surface area is 117 Å². The van der Waals surface area contributed by atoms with Crippen molar-refractivity contribution >= 4 is 27.3 Å². The molecule has 0 unspecified atom stereocenters. The maximum absolute atomic E-state index is 12.2. The van der Waals surface area contributed by atoms with Crippen LogP contribution in [0.25, 0.3) is 10.1 Å². The fraction of sp³-hybridized carbons (Fsp3) is 0.400. The summed E-state index contributed by atoms with van der Waals surface area (Å²) in [5.41, 5.74) is 6.64. The molecule has 19 heavy (non-hydrogen) atoms. The van der Waals surface area contributed by atoms with Crippen LogP contribution in [0, 0.1) is 0 Å². The molecule has 0 bridgehead atoms. The van der Waals surface area contributed by atoms with Gasteiger partial charge in [0.05, 0.1) is 5.56 Å². The van der Waals surface area contributed by atoms with E-state index in [2.05, 4.69) is 19.2 Å². The summed E-state index contributed by atoms with van der Waals surface area (Å²) in [5.74, 6) is -0.0332. The zero-order valence-corrected chi connectivity index (χ0v) is 12.2. The zero-order chi connectivity index (χ0) is 13.9. The molecule has 0 aliphatic carbocycles. The maximum Gasteiger partial charge on any atom is 0.252 e. The van der Waals surface area contributed by atoms with E-state index in [0.29, 0.717) is 6.54 Å². The molecule has 0 aliphatic heterocycles. The summed E-state index contributed by atoms with van der Waals surface area (Å²) in [7, 11) is 0. The fourth-order valence-corrected chi connectivity index (χ4v) is 2.95. The second-order valence-corrected chi connectivity index (χ2v) is 5.81. The number of nitrogens with one attached hydrogen (secondary N) is 1. The molecule has 4 heteroatoms. The summed E-state index contributed by atoms with van der Waals surface area (Å²) < 4.78 is 1.14. The molecule has 0 spiro atoms. The first-order valence-electron chi connectivity index (χ1n) is 6.63. The van der Waals surface area contributed by atoms with Gasteiger partial charge in [-0.2, -0.15) is 0 Å². The smallest absolute Gasteiger partial charge is 0.252 e. The van der Waals surface area contributed by atoms with Crippen molar-refractivity contribution in [3.05, 3.63) is 35.2 Å². The Bertz CT molecular complexity index is 572. The second-order valence-electron chi connectivity index (χ2n) is 4.90. The molecule has 0 fully saturated rings. The summed E-state index contributed by atoms with van der Waals surface area (Å²) in [4.78, 5) is 12.2. The second kappa shape index (κ2) is 5.72. The maximum atomic E-state index is 12.2. The number of benzene rings is 1. The molecule has 0 saturated carbocycles. The minimum absolute atomic E-state index is 0.0332. The molecule has 0 aliphatic rings. The van der Waals surface area contributed by atoms with Crippen molar-refractivity contribution in [1.29, 1.82) is 0 Å². The molecule has 1 heterocycles. The van der Waals surface area contributed by atoms with Gasteiger partial charge >= 0.3 is 0 Å². The Balaban J connectivity index is 2.12. The van der Waals surface area contributed by atoms with Crippen molar-refractivity contribution in [3.63, 3.8) is 0 Å². The molecule has 3 nitrogen and oxygen atoms in total. The van der Waals surface area contributed by atoms with E-state index < -0.39 is 0 Å². The van der Waals surface area contributed by atoms with Crippen LogP contribution in [0.3, 0.4) is 0 Å². The quantitative estimate of drug-likeness (QED) is 0.881. The summed E-state index contributed by atoms with van der Waals surface area (Å²) >= 11 is 1.60. The van der Waals surface area contributed by atoms with E-state index in [-0.39, 0.29) is 11.4 Å². The third-order valence-corrected chi connectivity index (χ3v) is 4.70. The topological polar surface area (TPSA) is 55.1 Å². The lowest BCUT2D eigenvalue weighted by Crippen LogP contribution is -2.49. The van der Waals surface area contributed by atoms with Crippen LogP contribution in [0.4, 0.5) is 0 Å². The van der Waals surface area contributed by atoms with Crippen LogP contribution in [0.1, 0.15) is 37.0 Å². The van der Waals surface area contributed by atoms with Crippen molar-refractivity contribution in [1.82, 2.24) is 5.32 Å². The van der Waals surface area contributed by atoms with Crippen LogP contribution in [0.2, 0.25) is 0 Å². The molecule has 2 aromatic rings. The molecule has 102 valence electrons. The highest BCUT2D eigenvalue weighted by Crippen LogP contribution is 2.25. The first-order chi connectivity index (χ1) is 9.09. The van der Waals surface area contributed by atoms with Crippen LogP contribution in [-0.2, 0) is 0 Å². The number of amides is 1. The molecule has 3 N–H and O–H groups in total. The van der Waals surface area contributed by atoms with E-state index in [1.165, 1.54) is 0 Å². The first-order valence-corrected chi connectivity index (χ1v) is 7.51. The molecular formula is C15H20N2OS. The zero-order valence-electron chi connectivity index (χ0n) is 11.4. The van der Waals surface area contributed by atoms with Gasteiger partial charge in [-0.3, -0.25) is 4.79 Å². The van der Waals surface area contributed by atoms with Gasteiger partial charge in [0, 0.05) is 27.5 Å². The van der Waals surface area contributed by atoms with Gasteiger partial charge in [-0.15, -0.1) is 11.3 Å². The molecule has 0 atom stereocenters. The Morgan fingerprint density at radius 3 is 2.68 bits per heavy atom. The number of thiophene rings is 1. The van der Waals surface area contributed by atoms with Crippen molar-refractivity contribution < 1.29 is 4.79 Å². The molecule has 1 amide bonds. The predicted octanol–water partition coefficient (Wildman–Crippen LogP) is 3.15. The number of nitrogens with two attached hydrogens (primary N) is 1. The SMILES string of the molecule is CCC(N)(CC)CNC(=O)c1csc2ccccc12. The van der Waals surface area contributed by atoms with Crippen LogP contribution in [-0.4, -0.2) is 18.0 Å². The number of hydrogen-bond acceptors (Lipinski definition) is 3.